The van der Waals surface area contributed by atoms with Crippen molar-refractivity contribution in [3.8, 4) is 0 Å². The van der Waals surface area contributed by atoms with Crippen LogP contribution < -0.4 is 0 Å². The van der Waals surface area contributed by atoms with E-state index in [0.29, 0.717) is 10.6 Å². The van der Waals surface area contributed by atoms with E-state index in [2.05, 4.69) is 22.6 Å². The third-order valence-electron chi connectivity index (χ3n) is 2.76. The first-order chi connectivity index (χ1) is 8.97. The molecule has 0 amide bonds. The molecule has 0 radical (unpaired) electrons. The number of halogens is 4. The van der Waals surface area contributed by atoms with Gasteiger partial charge in [0.2, 0.25) is 0 Å². The molecule has 0 bridgehead atoms. The third-order valence-corrected chi connectivity index (χ3v) is 4.33. The van der Waals surface area contributed by atoms with E-state index in [0.717, 1.165) is 9.64 Å². The molecule has 100 valence electrons. The van der Waals surface area contributed by atoms with Crippen LogP contribution >= 0.6 is 34.2 Å². The Labute approximate surface area is 128 Å². The van der Waals surface area contributed by atoms with Crippen molar-refractivity contribution >= 4 is 34.2 Å². The number of aliphatic hydroxyl groups excluding tert-OH is 1. The summed E-state index contributed by atoms with van der Waals surface area (Å²) in [5.41, 5.74) is 0.873. The number of rotatable bonds is 3. The zero-order valence-electron chi connectivity index (χ0n) is 9.71. The Morgan fingerprint density at radius 3 is 2.53 bits per heavy atom. The molecular formula is C14H10ClF2IO. The molecule has 2 rings (SSSR count). The number of hydrogen-bond acceptors (Lipinski definition) is 1. The second-order valence-corrected chi connectivity index (χ2v) is 5.70. The molecule has 19 heavy (non-hydrogen) atoms. The van der Waals surface area contributed by atoms with E-state index < -0.39 is 17.7 Å². The zero-order valence-corrected chi connectivity index (χ0v) is 12.6. The minimum Gasteiger partial charge on any atom is -0.388 e. The lowest BCUT2D eigenvalue weighted by molar-refractivity contribution is 0.177. The Hall–Kier alpha value is -0.720. The molecule has 1 atom stereocenters. The van der Waals surface area contributed by atoms with E-state index in [-0.39, 0.29) is 12.0 Å². The maximum Gasteiger partial charge on any atom is 0.129 e. The van der Waals surface area contributed by atoms with E-state index in [9.17, 15) is 13.9 Å². The van der Waals surface area contributed by atoms with Crippen molar-refractivity contribution in [2.45, 2.75) is 12.5 Å². The Balaban J connectivity index is 2.20. The Kier molecular flexibility index (Phi) is 4.76. The first-order valence-corrected chi connectivity index (χ1v) is 7.00. The van der Waals surface area contributed by atoms with Crippen LogP contribution in [0.3, 0.4) is 0 Å². The monoisotopic (exact) mass is 394 g/mol. The molecule has 0 saturated heterocycles. The van der Waals surface area contributed by atoms with Crippen molar-refractivity contribution in [1.29, 1.82) is 0 Å². The highest BCUT2D eigenvalue weighted by Crippen LogP contribution is 2.26. The van der Waals surface area contributed by atoms with Gasteiger partial charge >= 0.3 is 0 Å². The summed E-state index contributed by atoms with van der Waals surface area (Å²) < 4.78 is 27.2. The normalized spacial score (nSPS) is 12.5. The van der Waals surface area contributed by atoms with Crippen molar-refractivity contribution < 1.29 is 13.9 Å². The van der Waals surface area contributed by atoms with Crippen LogP contribution in [0, 0.1) is 15.2 Å². The van der Waals surface area contributed by atoms with Crippen molar-refractivity contribution in [3.63, 3.8) is 0 Å². The van der Waals surface area contributed by atoms with Crippen LogP contribution in [0.2, 0.25) is 5.02 Å². The van der Waals surface area contributed by atoms with Crippen LogP contribution in [0.1, 0.15) is 17.2 Å². The van der Waals surface area contributed by atoms with Crippen LogP contribution in [-0.4, -0.2) is 5.11 Å². The van der Waals surface area contributed by atoms with Gasteiger partial charge in [-0.15, -0.1) is 0 Å². The molecule has 0 saturated carbocycles. The Morgan fingerprint density at radius 2 is 1.89 bits per heavy atom. The average molecular weight is 395 g/mol. The quantitative estimate of drug-likeness (QED) is 0.760. The molecule has 2 aromatic carbocycles. The maximum absolute atomic E-state index is 13.5. The number of aliphatic hydroxyl groups is 1. The fourth-order valence-corrected chi connectivity index (χ4v) is 2.26. The van der Waals surface area contributed by atoms with Gasteiger partial charge in [0.25, 0.3) is 0 Å². The minimum absolute atomic E-state index is 0.0725. The standard InChI is InChI=1S/C14H10ClF2IO/c15-11-5-9(2-4-13(11)18)14(19)6-8-1-3-10(16)7-12(8)17/h1-5,7,14,19H,6H2. The summed E-state index contributed by atoms with van der Waals surface area (Å²) in [6, 6.07) is 8.48. The summed E-state index contributed by atoms with van der Waals surface area (Å²) in [6.45, 7) is 0. The van der Waals surface area contributed by atoms with Gasteiger partial charge in [-0.2, -0.15) is 0 Å². The van der Waals surface area contributed by atoms with Crippen LogP contribution in [0.25, 0.3) is 0 Å². The van der Waals surface area contributed by atoms with E-state index in [4.69, 9.17) is 11.6 Å². The lowest BCUT2D eigenvalue weighted by Crippen LogP contribution is -2.04. The molecule has 2 aromatic rings. The van der Waals surface area contributed by atoms with Gasteiger partial charge in [0.05, 0.1) is 11.1 Å². The lowest BCUT2D eigenvalue weighted by Gasteiger charge is -2.12. The SMILES string of the molecule is OC(Cc1ccc(F)cc1F)c1ccc(I)c(Cl)c1. The van der Waals surface area contributed by atoms with Gasteiger partial charge in [-0.3, -0.25) is 0 Å². The molecule has 5 heteroatoms. The maximum atomic E-state index is 13.5. The molecular weight excluding hydrogens is 385 g/mol. The van der Waals surface area contributed by atoms with Gasteiger partial charge in [0, 0.05) is 16.1 Å². The highest BCUT2D eigenvalue weighted by atomic mass is 127. The second-order valence-electron chi connectivity index (χ2n) is 4.13. The van der Waals surface area contributed by atoms with Gasteiger partial charge < -0.3 is 5.11 Å². The summed E-state index contributed by atoms with van der Waals surface area (Å²) in [5.74, 6) is -1.29. The second kappa shape index (κ2) is 6.15. The molecule has 0 aliphatic rings. The largest absolute Gasteiger partial charge is 0.388 e. The summed E-state index contributed by atoms with van der Waals surface area (Å²) in [6.07, 6.45) is -0.808. The van der Waals surface area contributed by atoms with E-state index in [1.165, 1.54) is 12.1 Å². The average Bonchev–Trinajstić information content (AvgIpc) is 2.36. The van der Waals surface area contributed by atoms with Gasteiger partial charge in [-0.1, -0.05) is 23.7 Å². The van der Waals surface area contributed by atoms with Crippen LogP contribution in [0.4, 0.5) is 8.78 Å². The van der Waals surface area contributed by atoms with E-state index >= 15 is 0 Å². The molecule has 1 unspecified atom stereocenters. The van der Waals surface area contributed by atoms with Gasteiger partial charge in [-0.05, 0) is 51.9 Å². The number of hydrogen-bond donors (Lipinski definition) is 1. The summed E-state index contributed by atoms with van der Waals surface area (Å²) in [4.78, 5) is 0. The summed E-state index contributed by atoms with van der Waals surface area (Å²) in [5, 5.41) is 10.6. The lowest BCUT2D eigenvalue weighted by atomic mass is 10.0. The predicted molar refractivity (Wildman–Crippen MR) is 79.2 cm³/mol. The molecule has 1 N–H and O–H groups in total. The van der Waals surface area contributed by atoms with Crippen molar-refractivity contribution in [2.24, 2.45) is 0 Å². The summed E-state index contributed by atoms with van der Waals surface area (Å²) in [7, 11) is 0. The minimum atomic E-state index is -0.880. The highest BCUT2D eigenvalue weighted by Gasteiger charge is 2.13. The fraction of sp³-hybridized carbons (Fsp3) is 0.143. The molecule has 0 spiro atoms. The molecule has 0 aliphatic heterocycles. The first-order valence-electron chi connectivity index (χ1n) is 5.54. The molecule has 1 nitrogen and oxygen atoms in total. The molecule has 0 heterocycles. The Morgan fingerprint density at radius 1 is 1.16 bits per heavy atom. The van der Waals surface area contributed by atoms with Crippen LogP contribution in [0.5, 0.6) is 0 Å². The van der Waals surface area contributed by atoms with Crippen molar-refractivity contribution in [3.05, 3.63) is 67.8 Å². The molecule has 0 fully saturated rings. The van der Waals surface area contributed by atoms with Gasteiger partial charge in [0.1, 0.15) is 11.6 Å². The van der Waals surface area contributed by atoms with Crippen molar-refractivity contribution in [1.82, 2.24) is 0 Å². The fourth-order valence-electron chi connectivity index (χ4n) is 1.73. The van der Waals surface area contributed by atoms with Crippen molar-refractivity contribution in [2.75, 3.05) is 0 Å². The Bertz CT molecular complexity index is 604. The van der Waals surface area contributed by atoms with Crippen LogP contribution in [-0.2, 0) is 6.42 Å². The topological polar surface area (TPSA) is 20.2 Å². The van der Waals surface area contributed by atoms with Gasteiger partial charge in [0.15, 0.2) is 0 Å². The molecule has 0 aromatic heterocycles. The number of benzene rings is 2. The smallest absolute Gasteiger partial charge is 0.129 e. The molecule has 0 aliphatic carbocycles. The highest BCUT2D eigenvalue weighted by molar-refractivity contribution is 14.1. The first kappa shape index (κ1) is 14.7. The van der Waals surface area contributed by atoms with E-state index in [1.54, 1.807) is 18.2 Å². The summed E-state index contributed by atoms with van der Waals surface area (Å²) >= 11 is 8.05. The predicted octanol–water partition coefficient (Wildman–Crippen LogP) is 4.50. The zero-order chi connectivity index (χ0) is 14.0. The third kappa shape index (κ3) is 3.64. The van der Waals surface area contributed by atoms with Crippen LogP contribution in [0.15, 0.2) is 36.4 Å². The van der Waals surface area contributed by atoms with E-state index in [1.807, 2.05) is 0 Å². The van der Waals surface area contributed by atoms with Gasteiger partial charge in [-0.25, -0.2) is 8.78 Å².